The topological polar surface area (TPSA) is 12.0 Å². The van der Waals surface area contributed by atoms with E-state index in [0.29, 0.717) is 5.92 Å². The van der Waals surface area contributed by atoms with E-state index in [1.807, 2.05) is 6.08 Å². The second-order valence-electron chi connectivity index (χ2n) is 3.94. The van der Waals surface area contributed by atoms with Crippen molar-refractivity contribution in [3.8, 4) is 0 Å². The van der Waals surface area contributed by atoms with Crippen LogP contribution < -0.4 is 5.32 Å². The minimum absolute atomic E-state index is 0.694. The summed E-state index contributed by atoms with van der Waals surface area (Å²) in [6.07, 6.45) is 10.2. The van der Waals surface area contributed by atoms with Gasteiger partial charge >= 0.3 is 0 Å². The van der Waals surface area contributed by atoms with E-state index in [1.165, 1.54) is 32.4 Å². The van der Waals surface area contributed by atoms with E-state index in [1.54, 1.807) is 0 Å². The van der Waals surface area contributed by atoms with Crippen molar-refractivity contribution < 1.29 is 0 Å². The second-order valence-corrected chi connectivity index (χ2v) is 4.38. The van der Waals surface area contributed by atoms with Gasteiger partial charge in [0.05, 0.1) is 0 Å². The zero-order chi connectivity index (χ0) is 9.10. The van der Waals surface area contributed by atoms with E-state index >= 15 is 0 Å². The molecular formula is C11H16ClN. The zero-order valence-electron chi connectivity index (χ0n) is 7.80. The predicted molar refractivity (Wildman–Crippen MR) is 56.8 cm³/mol. The Morgan fingerprint density at radius 1 is 1.31 bits per heavy atom. The lowest BCUT2D eigenvalue weighted by Gasteiger charge is -2.29. The van der Waals surface area contributed by atoms with Crippen molar-refractivity contribution >= 4 is 11.6 Å². The van der Waals surface area contributed by atoms with Gasteiger partial charge in [-0.3, -0.25) is 0 Å². The molecule has 72 valence electrons. The minimum atomic E-state index is 0.694. The molecule has 0 aromatic carbocycles. The molecule has 1 atom stereocenters. The first-order valence-electron chi connectivity index (χ1n) is 5.11. The Balaban J connectivity index is 1.96. The highest BCUT2D eigenvalue weighted by molar-refractivity contribution is 6.31. The average molecular weight is 198 g/mol. The molecule has 0 amide bonds. The van der Waals surface area contributed by atoms with Gasteiger partial charge in [0.1, 0.15) is 0 Å². The summed E-state index contributed by atoms with van der Waals surface area (Å²) < 4.78 is 0. The summed E-state index contributed by atoms with van der Waals surface area (Å²) in [6.45, 7) is 2.35. The molecule has 2 aliphatic rings. The van der Waals surface area contributed by atoms with Crippen LogP contribution >= 0.6 is 11.6 Å². The smallest absolute Gasteiger partial charge is 0.0365 e. The number of nitrogens with one attached hydrogen (secondary N) is 1. The second kappa shape index (κ2) is 4.30. The van der Waals surface area contributed by atoms with Crippen LogP contribution in [0.25, 0.3) is 0 Å². The van der Waals surface area contributed by atoms with Crippen LogP contribution in [0.15, 0.2) is 23.3 Å². The van der Waals surface area contributed by atoms with Crippen molar-refractivity contribution in [2.24, 2.45) is 11.8 Å². The fourth-order valence-corrected chi connectivity index (χ4v) is 2.52. The molecule has 0 aromatic rings. The summed E-state index contributed by atoms with van der Waals surface area (Å²) in [4.78, 5) is 0. The van der Waals surface area contributed by atoms with Crippen LogP contribution in [0, 0.1) is 11.8 Å². The summed E-state index contributed by atoms with van der Waals surface area (Å²) in [7, 11) is 0. The summed E-state index contributed by atoms with van der Waals surface area (Å²) in [5.41, 5.74) is 0. The van der Waals surface area contributed by atoms with Gasteiger partial charge in [0.2, 0.25) is 0 Å². The Bertz CT molecular complexity index is 226. The van der Waals surface area contributed by atoms with Gasteiger partial charge in [-0.15, -0.1) is 0 Å². The van der Waals surface area contributed by atoms with Crippen molar-refractivity contribution in [3.63, 3.8) is 0 Å². The maximum atomic E-state index is 5.99. The van der Waals surface area contributed by atoms with E-state index in [9.17, 15) is 0 Å². The van der Waals surface area contributed by atoms with Crippen molar-refractivity contribution in [1.82, 2.24) is 5.32 Å². The van der Waals surface area contributed by atoms with Crippen LogP contribution in [0.5, 0.6) is 0 Å². The molecule has 1 fully saturated rings. The number of allylic oxidation sites excluding steroid dienone is 4. The molecule has 2 rings (SSSR count). The summed E-state index contributed by atoms with van der Waals surface area (Å²) >= 11 is 5.99. The van der Waals surface area contributed by atoms with Crippen LogP contribution in [0.3, 0.4) is 0 Å². The third-order valence-electron chi connectivity index (χ3n) is 3.05. The first-order chi connectivity index (χ1) is 6.36. The predicted octanol–water partition coefficient (Wildman–Crippen LogP) is 2.68. The molecule has 1 nitrogen and oxygen atoms in total. The molecule has 0 aromatic heterocycles. The van der Waals surface area contributed by atoms with Crippen molar-refractivity contribution in [1.29, 1.82) is 0 Å². The summed E-state index contributed by atoms with van der Waals surface area (Å²) in [6, 6.07) is 0. The Morgan fingerprint density at radius 3 is 2.77 bits per heavy atom. The number of piperidine rings is 1. The fourth-order valence-electron chi connectivity index (χ4n) is 2.27. The largest absolute Gasteiger partial charge is 0.317 e. The molecule has 1 aliphatic heterocycles. The van der Waals surface area contributed by atoms with E-state index in [-0.39, 0.29) is 0 Å². The van der Waals surface area contributed by atoms with Crippen LogP contribution in [-0.2, 0) is 0 Å². The molecule has 1 heterocycles. The maximum Gasteiger partial charge on any atom is 0.0365 e. The highest BCUT2D eigenvalue weighted by atomic mass is 35.5. The monoisotopic (exact) mass is 197 g/mol. The van der Waals surface area contributed by atoms with Crippen LogP contribution in [0.4, 0.5) is 0 Å². The first kappa shape index (κ1) is 9.29. The lowest BCUT2D eigenvalue weighted by Crippen LogP contribution is -2.31. The van der Waals surface area contributed by atoms with Gasteiger partial charge in [0.15, 0.2) is 0 Å². The standard InChI is InChI=1S/C11H16ClN/c12-11-3-1-2-10(8-11)9-4-6-13-7-5-9/h1,3,8-10,13H,2,4-7H2. The van der Waals surface area contributed by atoms with Gasteiger partial charge in [-0.2, -0.15) is 0 Å². The Hall–Kier alpha value is -0.270. The van der Waals surface area contributed by atoms with Crippen molar-refractivity contribution in [2.45, 2.75) is 19.3 Å². The van der Waals surface area contributed by atoms with E-state index in [0.717, 1.165) is 11.0 Å². The molecule has 1 N–H and O–H groups in total. The third-order valence-corrected chi connectivity index (χ3v) is 3.30. The maximum absolute atomic E-state index is 5.99. The van der Waals surface area contributed by atoms with Gasteiger partial charge < -0.3 is 5.32 Å². The molecule has 0 bridgehead atoms. The van der Waals surface area contributed by atoms with Crippen LogP contribution in [-0.4, -0.2) is 13.1 Å². The first-order valence-corrected chi connectivity index (χ1v) is 5.48. The van der Waals surface area contributed by atoms with Gasteiger partial charge in [-0.05, 0) is 50.3 Å². The fraction of sp³-hybridized carbons (Fsp3) is 0.636. The number of halogens is 1. The van der Waals surface area contributed by atoms with E-state index in [2.05, 4.69) is 17.5 Å². The molecular weight excluding hydrogens is 182 g/mol. The summed E-state index contributed by atoms with van der Waals surface area (Å²) in [5, 5.41) is 4.32. The zero-order valence-corrected chi connectivity index (χ0v) is 8.56. The highest BCUT2D eigenvalue weighted by Crippen LogP contribution is 2.30. The average Bonchev–Trinajstić information content (AvgIpc) is 2.19. The number of hydrogen-bond donors (Lipinski definition) is 1. The van der Waals surface area contributed by atoms with Gasteiger partial charge in [-0.1, -0.05) is 23.8 Å². The normalized spacial score (nSPS) is 30.2. The van der Waals surface area contributed by atoms with E-state index < -0.39 is 0 Å². The molecule has 0 spiro atoms. The molecule has 2 heteroatoms. The quantitative estimate of drug-likeness (QED) is 0.682. The SMILES string of the molecule is ClC1=CC(C2CCNCC2)CC=C1. The van der Waals surface area contributed by atoms with Crippen LogP contribution in [0.1, 0.15) is 19.3 Å². The van der Waals surface area contributed by atoms with Gasteiger partial charge in [-0.25, -0.2) is 0 Å². The lowest BCUT2D eigenvalue weighted by atomic mass is 9.81. The number of hydrogen-bond acceptors (Lipinski definition) is 1. The lowest BCUT2D eigenvalue weighted by molar-refractivity contribution is 0.299. The molecule has 0 saturated carbocycles. The van der Waals surface area contributed by atoms with Crippen molar-refractivity contribution in [2.75, 3.05) is 13.1 Å². The number of rotatable bonds is 1. The molecule has 1 aliphatic carbocycles. The van der Waals surface area contributed by atoms with Gasteiger partial charge in [0.25, 0.3) is 0 Å². The summed E-state index contributed by atoms with van der Waals surface area (Å²) in [5.74, 6) is 1.54. The van der Waals surface area contributed by atoms with Gasteiger partial charge in [0, 0.05) is 5.03 Å². The Labute approximate surface area is 84.9 Å². The molecule has 13 heavy (non-hydrogen) atoms. The minimum Gasteiger partial charge on any atom is -0.317 e. The third kappa shape index (κ3) is 2.35. The molecule has 0 radical (unpaired) electrons. The Kier molecular flexibility index (Phi) is 3.07. The van der Waals surface area contributed by atoms with Crippen LogP contribution in [0.2, 0.25) is 0 Å². The van der Waals surface area contributed by atoms with Crippen molar-refractivity contribution in [3.05, 3.63) is 23.3 Å². The van der Waals surface area contributed by atoms with E-state index in [4.69, 9.17) is 11.6 Å². The Morgan fingerprint density at radius 2 is 2.08 bits per heavy atom. The molecule has 1 saturated heterocycles. The highest BCUT2D eigenvalue weighted by Gasteiger charge is 2.22. The molecule has 1 unspecified atom stereocenters.